The number of hydrogen-bond acceptors (Lipinski definition) is 5. The minimum absolute atomic E-state index is 0.197. The van der Waals surface area contributed by atoms with E-state index in [2.05, 4.69) is 11.5 Å². The maximum atomic E-state index is 13.5. The molecule has 0 spiro atoms. The molecule has 5 rings (SSSR count). The van der Waals surface area contributed by atoms with Crippen molar-refractivity contribution in [3.8, 4) is 5.75 Å². The second kappa shape index (κ2) is 9.80. The van der Waals surface area contributed by atoms with E-state index >= 15 is 0 Å². The number of amides is 1. The van der Waals surface area contributed by atoms with Gasteiger partial charge in [0.1, 0.15) is 11.5 Å². The smallest absolute Gasteiger partial charge is 0.286 e. The molecule has 0 radical (unpaired) electrons. The fourth-order valence-electron chi connectivity index (χ4n) is 4.75. The number of rotatable bonds is 6. The molecule has 8 heteroatoms. The molecule has 0 unspecified atom stereocenters. The minimum Gasteiger partial charge on any atom is -0.494 e. The van der Waals surface area contributed by atoms with E-state index in [4.69, 9.17) is 33.0 Å². The lowest BCUT2D eigenvalue weighted by atomic mass is 9.91. The van der Waals surface area contributed by atoms with E-state index in [0.717, 1.165) is 30.0 Å². The van der Waals surface area contributed by atoms with Crippen LogP contribution in [0.3, 0.4) is 0 Å². The summed E-state index contributed by atoms with van der Waals surface area (Å²) < 4.78 is 5.61. The lowest BCUT2D eigenvalue weighted by Crippen LogP contribution is -2.45. The van der Waals surface area contributed by atoms with Crippen LogP contribution in [0.4, 0.5) is 11.4 Å². The Hall–Kier alpha value is -3.22. The van der Waals surface area contributed by atoms with Crippen molar-refractivity contribution in [3.63, 3.8) is 0 Å². The summed E-state index contributed by atoms with van der Waals surface area (Å²) in [5, 5.41) is 9.53. The number of nitrogens with zero attached hydrogens (tertiary/aromatic N) is 3. The highest BCUT2D eigenvalue weighted by Gasteiger charge is 2.40. The van der Waals surface area contributed by atoms with Crippen LogP contribution in [0.25, 0.3) is 0 Å². The van der Waals surface area contributed by atoms with Crippen LogP contribution in [0.1, 0.15) is 31.0 Å². The quantitative estimate of drug-likeness (QED) is 0.440. The molecule has 0 saturated heterocycles. The van der Waals surface area contributed by atoms with Gasteiger partial charge in [0, 0.05) is 17.5 Å². The predicted octanol–water partition coefficient (Wildman–Crippen LogP) is 6.04. The number of para-hydroxylation sites is 1. The molecule has 0 fully saturated rings. The fraction of sp³-hybridized carbons (Fsp3) is 0.259. The summed E-state index contributed by atoms with van der Waals surface area (Å²) >= 11 is 12.7. The summed E-state index contributed by atoms with van der Waals surface area (Å²) in [5.41, 5.74) is 7.44. The number of nitrogens with one attached hydrogen (secondary N) is 1. The average molecular weight is 509 g/mol. The molecule has 2 aliphatic rings. The predicted molar refractivity (Wildman–Crippen MR) is 142 cm³/mol. The van der Waals surface area contributed by atoms with Crippen molar-refractivity contribution in [2.75, 3.05) is 23.2 Å². The second-order valence-electron chi connectivity index (χ2n) is 8.63. The molecule has 1 N–H and O–H groups in total. The van der Waals surface area contributed by atoms with Crippen molar-refractivity contribution < 1.29 is 9.53 Å². The SMILES string of the molecule is CCOc1ccc([C@@H]2[C@H](C)C(C(=O)NN3CCc4ccccc43)=NN2c2ccc(Cl)cc2Cl)cc1. The van der Waals surface area contributed by atoms with Crippen molar-refractivity contribution >= 4 is 46.2 Å². The molecule has 0 aromatic heterocycles. The molecule has 3 aromatic rings. The van der Waals surface area contributed by atoms with Gasteiger partial charge in [0.05, 0.1) is 29.0 Å². The van der Waals surface area contributed by atoms with E-state index in [0.29, 0.717) is 28.1 Å². The average Bonchev–Trinajstić information content (AvgIpc) is 3.41. The topological polar surface area (TPSA) is 57.2 Å². The van der Waals surface area contributed by atoms with Gasteiger partial charge in [0.2, 0.25) is 0 Å². The van der Waals surface area contributed by atoms with Crippen molar-refractivity contribution in [2.45, 2.75) is 26.3 Å². The van der Waals surface area contributed by atoms with E-state index in [-0.39, 0.29) is 17.9 Å². The molecule has 1 amide bonds. The third-order valence-corrected chi connectivity index (χ3v) is 6.97. The van der Waals surface area contributed by atoms with Crippen LogP contribution >= 0.6 is 23.2 Å². The Kier molecular flexibility index (Phi) is 6.58. The minimum atomic E-state index is -0.226. The Balaban J connectivity index is 1.47. The lowest BCUT2D eigenvalue weighted by Gasteiger charge is -2.28. The zero-order valence-electron chi connectivity index (χ0n) is 19.5. The summed E-state index contributed by atoms with van der Waals surface area (Å²) in [5.74, 6) is 0.375. The molecule has 0 aliphatic carbocycles. The van der Waals surface area contributed by atoms with Crippen LogP contribution in [0.5, 0.6) is 5.75 Å². The maximum Gasteiger partial charge on any atom is 0.286 e. The largest absolute Gasteiger partial charge is 0.494 e. The first-order valence-electron chi connectivity index (χ1n) is 11.7. The third-order valence-electron chi connectivity index (χ3n) is 6.43. The number of anilines is 2. The number of halogens is 2. The summed E-state index contributed by atoms with van der Waals surface area (Å²) in [6.45, 7) is 5.29. The Morgan fingerprint density at radius 2 is 1.86 bits per heavy atom. The van der Waals surface area contributed by atoms with Crippen molar-refractivity contribution in [2.24, 2.45) is 11.0 Å². The Morgan fingerprint density at radius 3 is 2.60 bits per heavy atom. The van der Waals surface area contributed by atoms with Gasteiger partial charge in [0.25, 0.3) is 5.91 Å². The third kappa shape index (κ3) is 4.56. The van der Waals surface area contributed by atoms with Gasteiger partial charge in [0.15, 0.2) is 0 Å². The van der Waals surface area contributed by atoms with Gasteiger partial charge >= 0.3 is 0 Å². The summed E-state index contributed by atoms with van der Waals surface area (Å²) in [6, 6.07) is 21.1. The number of benzene rings is 3. The first-order valence-corrected chi connectivity index (χ1v) is 12.4. The van der Waals surface area contributed by atoms with Crippen molar-refractivity contribution in [1.29, 1.82) is 0 Å². The molecule has 3 aromatic carbocycles. The standard InChI is InChI=1S/C27H26Cl2N4O2/c1-3-35-21-11-8-19(9-12-21)26-17(2)25(30-33(26)24-13-10-20(28)16-22(24)29)27(34)31-32-15-14-18-6-4-5-7-23(18)32/h4-13,16-17,26H,3,14-15H2,1-2H3,(H,31,34)/t17-,26+/m1/s1. The molecule has 2 atom stereocenters. The zero-order chi connectivity index (χ0) is 24.5. The molecule has 35 heavy (non-hydrogen) atoms. The highest BCUT2D eigenvalue weighted by Crippen LogP contribution is 2.42. The van der Waals surface area contributed by atoms with Crippen LogP contribution in [0.2, 0.25) is 10.0 Å². The Bertz CT molecular complexity index is 1280. The van der Waals surface area contributed by atoms with Gasteiger partial charge in [-0.2, -0.15) is 5.10 Å². The van der Waals surface area contributed by atoms with E-state index in [1.54, 1.807) is 12.1 Å². The van der Waals surface area contributed by atoms with Crippen molar-refractivity contribution in [3.05, 3.63) is 87.9 Å². The van der Waals surface area contributed by atoms with E-state index in [1.807, 2.05) is 72.4 Å². The first kappa shape index (κ1) is 23.5. The van der Waals surface area contributed by atoms with Crippen LogP contribution in [0.15, 0.2) is 71.8 Å². The van der Waals surface area contributed by atoms with Crippen LogP contribution in [-0.4, -0.2) is 24.8 Å². The van der Waals surface area contributed by atoms with Gasteiger partial charge in [-0.15, -0.1) is 0 Å². The summed E-state index contributed by atoms with van der Waals surface area (Å²) in [4.78, 5) is 13.5. The number of fused-ring (bicyclic) bond motifs is 1. The van der Waals surface area contributed by atoms with E-state index in [1.165, 1.54) is 5.56 Å². The maximum absolute atomic E-state index is 13.5. The van der Waals surface area contributed by atoms with Crippen LogP contribution in [-0.2, 0) is 11.2 Å². The highest BCUT2D eigenvalue weighted by molar-refractivity contribution is 6.41. The van der Waals surface area contributed by atoms with Gasteiger partial charge in [-0.1, -0.05) is 60.5 Å². The number of hydrazine groups is 1. The Labute approximate surface area is 215 Å². The number of carbonyl (C=O) groups excluding carboxylic acids is 1. The van der Waals surface area contributed by atoms with E-state index in [9.17, 15) is 4.79 Å². The number of carbonyl (C=O) groups is 1. The van der Waals surface area contributed by atoms with Gasteiger partial charge in [-0.05, 0) is 60.9 Å². The van der Waals surface area contributed by atoms with Crippen LogP contribution in [0, 0.1) is 5.92 Å². The molecular weight excluding hydrogens is 483 g/mol. The van der Waals surface area contributed by atoms with Gasteiger partial charge in [-0.25, -0.2) is 0 Å². The number of hydrazone groups is 1. The normalized spacial score (nSPS) is 18.9. The molecule has 0 saturated carbocycles. The monoisotopic (exact) mass is 508 g/mol. The lowest BCUT2D eigenvalue weighted by molar-refractivity contribution is -0.115. The molecular formula is C27H26Cl2N4O2. The molecule has 180 valence electrons. The fourth-order valence-corrected chi connectivity index (χ4v) is 5.24. The molecule has 2 heterocycles. The second-order valence-corrected chi connectivity index (χ2v) is 9.48. The van der Waals surface area contributed by atoms with Crippen molar-refractivity contribution in [1.82, 2.24) is 5.43 Å². The highest BCUT2D eigenvalue weighted by atomic mass is 35.5. The molecule has 0 bridgehead atoms. The van der Waals surface area contributed by atoms with Gasteiger partial charge in [-0.3, -0.25) is 20.2 Å². The summed E-state index contributed by atoms with van der Waals surface area (Å²) in [6.07, 6.45) is 0.889. The first-order chi connectivity index (χ1) is 17.0. The zero-order valence-corrected chi connectivity index (χ0v) is 21.1. The number of hydrogen-bond donors (Lipinski definition) is 1. The molecule has 6 nitrogen and oxygen atoms in total. The number of ether oxygens (including phenoxy) is 1. The molecule has 2 aliphatic heterocycles. The van der Waals surface area contributed by atoms with Crippen LogP contribution < -0.4 is 20.2 Å². The van der Waals surface area contributed by atoms with Gasteiger partial charge < -0.3 is 4.74 Å². The summed E-state index contributed by atoms with van der Waals surface area (Å²) in [7, 11) is 0. The Morgan fingerprint density at radius 1 is 1.09 bits per heavy atom. The van der Waals surface area contributed by atoms with E-state index < -0.39 is 0 Å².